The molecule has 0 saturated carbocycles. The van der Waals surface area contributed by atoms with Gasteiger partial charge in [0.25, 0.3) is 0 Å². The van der Waals surface area contributed by atoms with Gasteiger partial charge in [0.15, 0.2) is 5.96 Å². The van der Waals surface area contributed by atoms with Crippen molar-refractivity contribution in [3.8, 4) is 0 Å². The summed E-state index contributed by atoms with van der Waals surface area (Å²) in [6, 6.07) is 0.848. The van der Waals surface area contributed by atoms with Crippen LogP contribution in [-0.2, 0) is 0 Å². The smallest absolute Gasteiger partial charge is 0.191 e. The summed E-state index contributed by atoms with van der Waals surface area (Å²) in [5, 5.41) is 0. The molecular formula is C10H21N3. The molecule has 0 bridgehead atoms. The summed E-state index contributed by atoms with van der Waals surface area (Å²) in [6.45, 7) is 9.64. The number of likely N-dealkylation sites (tertiary alicyclic amines) is 1. The van der Waals surface area contributed by atoms with Gasteiger partial charge in [0.1, 0.15) is 0 Å². The normalized spacial score (nSPS) is 30.2. The summed E-state index contributed by atoms with van der Waals surface area (Å²) in [7, 11) is 0. The summed E-state index contributed by atoms with van der Waals surface area (Å²) < 4.78 is 0. The van der Waals surface area contributed by atoms with E-state index in [-0.39, 0.29) is 0 Å². The molecule has 1 fully saturated rings. The van der Waals surface area contributed by atoms with Gasteiger partial charge in [-0.3, -0.25) is 4.99 Å². The number of guanidine groups is 1. The predicted octanol–water partition coefficient (Wildman–Crippen LogP) is 1.44. The lowest BCUT2D eigenvalue weighted by atomic mass is 10.1. The topological polar surface area (TPSA) is 41.6 Å². The highest BCUT2D eigenvalue weighted by Crippen LogP contribution is 2.21. The van der Waals surface area contributed by atoms with Crippen molar-refractivity contribution in [2.75, 3.05) is 6.54 Å². The number of aliphatic imine (C=N–C) groups is 1. The van der Waals surface area contributed by atoms with Gasteiger partial charge in [-0.15, -0.1) is 0 Å². The van der Waals surface area contributed by atoms with Crippen LogP contribution in [0.1, 0.15) is 34.1 Å². The highest BCUT2D eigenvalue weighted by molar-refractivity contribution is 5.78. The van der Waals surface area contributed by atoms with Crippen LogP contribution in [0.15, 0.2) is 4.99 Å². The van der Waals surface area contributed by atoms with Gasteiger partial charge in [0.05, 0.1) is 0 Å². The molecule has 2 N–H and O–H groups in total. The number of hydrogen-bond acceptors (Lipinski definition) is 1. The van der Waals surface area contributed by atoms with Gasteiger partial charge in [-0.05, 0) is 33.1 Å². The Morgan fingerprint density at radius 1 is 1.46 bits per heavy atom. The van der Waals surface area contributed by atoms with Gasteiger partial charge in [-0.2, -0.15) is 0 Å². The van der Waals surface area contributed by atoms with E-state index in [2.05, 4.69) is 37.6 Å². The van der Waals surface area contributed by atoms with Crippen LogP contribution in [0.4, 0.5) is 0 Å². The second-order valence-electron chi connectivity index (χ2n) is 4.42. The van der Waals surface area contributed by atoms with Crippen LogP contribution in [0.2, 0.25) is 0 Å². The van der Waals surface area contributed by atoms with Crippen LogP contribution >= 0.6 is 0 Å². The molecule has 0 radical (unpaired) electrons. The standard InChI is InChI=1S/C10H21N3/c1-7(2)12-10(11)13-6-8(3)5-9(13)4/h7-9H,5-6H2,1-4H3,(H2,11,12). The van der Waals surface area contributed by atoms with Crippen LogP contribution in [0.3, 0.4) is 0 Å². The highest BCUT2D eigenvalue weighted by atomic mass is 15.3. The first kappa shape index (κ1) is 10.4. The second-order valence-corrected chi connectivity index (χ2v) is 4.42. The van der Waals surface area contributed by atoms with Crippen molar-refractivity contribution in [2.24, 2.45) is 16.6 Å². The summed E-state index contributed by atoms with van der Waals surface area (Å²) in [5.41, 5.74) is 5.91. The van der Waals surface area contributed by atoms with E-state index in [0.29, 0.717) is 18.0 Å². The van der Waals surface area contributed by atoms with E-state index in [1.807, 2.05) is 0 Å². The molecule has 3 nitrogen and oxygen atoms in total. The van der Waals surface area contributed by atoms with Crippen LogP contribution < -0.4 is 5.73 Å². The van der Waals surface area contributed by atoms with Gasteiger partial charge in [-0.25, -0.2) is 0 Å². The summed E-state index contributed by atoms with van der Waals surface area (Å²) in [6.07, 6.45) is 1.23. The van der Waals surface area contributed by atoms with Crippen LogP contribution in [0, 0.1) is 5.92 Å². The Hall–Kier alpha value is -0.730. The van der Waals surface area contributed by atoms with E-state index in [9.17, 15) is 0 Å². The molecule has 0 aromatic heterocycles. The molecule has 0 spiro atoms. The summed E-state index contributed by atoms with van der Waals surface area (Å²) >= 11 is 0. The third-order valence-electron chi connectivity index (χ3n) is 2.47. The molecule has 1 heterocycles. The lowest BCUT2D eigenvalue weighted by Crippen LogP contribution is -2.40. The molecule has 0 aliphatic carbocycles. The lowest BCUT2D eigenvalue weighted by molar-refractivity contribution is 0.404. The third kappa shape index (κ3) is 2.61. The molecule has 0 aromatic rings. The van der Waals surface area contributed by atoms with Crippen molar-refractivity contribution < 1.29 is 0 Å². The fourth-order valence-electron chi connectivity index (χ4n) is 1.96. The van der Waals surface area contributed by atoms with E-state index in [4.69, 9.17) is 5.73 Å². The van der Waals surface area contributed by atoms with Crippen molar-refractivity contribution in [1.82, 2.24) is 4.90 Å². The van der Waals surface area contributed by atoms with Gasteiger partial charge < -0.3 is 10.6 Å². The molecule has 0 amide bonds. The van der Waals surface area contributed by atoms with Crippen molar-refractivity contribution in [1.29, 1.82) is 0 Å². The minimum atomic E-state index is 0.295. The Kier molecular flexibility index (Phi) is 3.17. The molecular weight excluding hydrogens is 162 g/mol. The zero-order valence-electron chi connectivity index (χ0n) is 9.12. The quantitative estimate of drug-likeness (QED) is 0.493. The van der Waals surface area contributed by atoms with Crippen molar-refractivity contribution in [3.05, 3.63) is 0 Å². The molecule has 3 heteroatoms. The van der Waals surface area contributed by atoms with E-state index in [0.717, 1.165) is 12.5 Å². The van der Waals surface area contributed by atoms with Crippen molar-refractivity contribution >= 4 is 5.96 Å². The molecule has 0 aromatic carbocycles. The fourth-order valence-corrected chi connectivity index (χ4v) is 1.96. The van der Waals surface area contributed by atoms with Gasteiger partial charge in [0.2, 0.25) is 0 Å². The van der Waals surface area contributed by atoms with Gasteiger partial charge >= 0.3 is 0 Å². The summed E-state index contributed by atoms with van der Waals surface area (Å²) in [4.78, 5) is 6.58. The molecule has 2 atom stereocenters. The lowest BCUT2D eigenvalue weighted by Gasteiger charge is -2.22. The minimum absolute atomic E-state index is 0.295. The largest absolute Gasteiger partial charge is 0.370 e. The van der Waals surface area contributed by atoms with Gasteiger partial charge in [0, 0.05) is 18.6 Å². The highest BCUT2D eigenvalue weighted by Gasteiger charge is 2.27. The zero-order chi connectivity index (χ0) is 10.0. The zero-order valence-corrected chi connectivity index (χ0v) is 9.12. The molecule has 1 aliphatic rings. The van der Waals surface area contributed by atoms with Crippen LogP contribution in [-0.4, -0.2) is 29.5 Å². The van der Waals surface area contributed by atoms with Gasteiger partial charge in [-0.1, -0.05) is 6.92 Å². The van der Waals surface area contributed by atoms with Crippen LogP contribution in [0.5, 0.6) is 0 Å². The Balaban J connectivity index is 2.61. The van der Waals surface area contributed by atoms with E-state index in [1.54, 1.807) is 0 Å². The second kappa shape index (κ2) is 3.99. The van der Waals surface area contributed by atoms with Crippen LogP contribution in [0.25, 0.3) is 0 Å². The molecule has 1 aliphatic heterocycles. The predicted molar refractivity (Wildman–Crippen MR) is 56.7 cm³/mol. The molecule has 1 saturated heterocycles. The molecule has 76 valence electrons. The number of nitrogens with zero attached hydrogens (tertiary/aromatic N) is 2. The number of nitrogens with two attached hydrogens (primary N) is 1. The van der Waals surface area contributed by atoms with E-state index >= 15 is 0 Å². The first-order valence-electron chi connectivity index (χ1n) is 5.10. The maximum atomic E-state index is 5.91. The first-order chi connectivity index (χ1) is 6.00. The Morgan fingerprint density at radius 2 is 2.08 bits per heavy atom. The average Bonchev–Trinajstić information content (AvgIpc) is 2.28. The fraction of sp³-hybridized carbons (Fsp3) is 0.900. The maximum Gasteiger partial charge on any atom is 0.191 e. The Morgan fingerprint density at radius 3 is 2.46 bits per heavy atom. The maximum absolute atomic E-state index is 5.91. The SMILES string of the molecule is CC1CC(C)N(C(N)=NC(C)C)C1. The Labute approximate surface area is 81.0 Å². The molecule has 13 heavy (non-hydrogen) atoms. The number of rotatable bonds is 1. The Bertz CT molecular complexity index is 198. The number of hydrogen-bond donors (Lipinski definition) is 1. The molecule has 2 unspecified atom stereocenters. The van der Waals surface area contributed by atoms with Crippen molar-refractivity contribution in [3.63, 3.8) is 0 Å². The monoisotopic (exact) mass is 183 g/mol. The molecule has 1 rings (SSSR count). The average molecular weight is 183 g/mol. The van der Waals surface area contributed by atoms with E-state index in [1.165, 1.54) is 6.42 Å². The third-order valence-corrected chi connectivity index (χ3v) is 2.47. The summed E-state index contributed by atoms with van der Waals surface area (Å²) in [5.74, 6) is 1.46. The first-order valence-corrected chi connectivity index (χ1v) is 5.10. The van der Waals surface area contributed by atoms with E-state index < -0.39 is 0 Å². The van der Waals surface area contributed by atoms with Crippen molar-refractivity contribution in [2.45, 2.75) is 46.2 Å². The minimum Gasteiger partial charge on any atom is -0.370 e.